The molecule has 1 saturated heterocycles. The van der Waals surface area contributed by atoms with Gasteiger partial charge in [-0.1, -0.05) is 49.4 Å². The van der Waals surface area contributed by atoms with Crippen LogP contribution in [0.3, 0.4) is 0 Å². The summed E-state index contributed by atoms with van der Waals surface area (Å²) in [7, 11) is 0. The van der Waals surface area contributed by atoms with Gasteiger partial charge in [0.25, 0.3) is 5.91 Å². The van der Waals surface area contributed by atoms with E-state index in [2.05, 4.69) is 30.9 Å². The molecule has 6 nitrogen and oxygen atoms in total. The number of aryl methyl sites for hydroxylation is 2. The summed E-state index contributed by atoms with van der Waals surface area (Å²) in [6.45, 7) is 9.58. The zero-order valence-electron chi connectivity index (χ0n) is 21.9. The maximum Gasteiger partial charge on any atom is 0.254 e. The number of ether oxygens (including phenoxy) is 1. The Hall–Kier alpha value is -3.00. The highest BCUT2D eigenvalue weighted by atomic mass is 32.1. The molecule has 0 N–H and O–H groups in total. The Balaban J connectivity index is 1.52. The lowest BCUT2D eigenvalue weighted by Crippen LogP contribution is -2.47. The number of hydrogen-bond donors (Lipinski definition) is 0. The number of carbonyl (C=O) groups is 2. The lowest BCUT2D eigenvalue weighted by molar-refractivity contribution is -0.133. The van der Waals surface area contributed by atoms with E-state index in [0.717, 1.165) is 36.5 Å². The van der Waals surface area contributed by atoms with Crippen LogP contribution in [0.4, 0.5) is 0 Å². The topological polar surface area (TPSA) is 53.1 Å². The maximum atomic E-state index is 13.8. The van der Waals surface area contributed by atoms with Gasteiger partial charge in [0.2, 0.25) is 5.91 Å². The third-order valence-corrected chi connectivity index (χ3v) is 7.71. The van der Waals surface area contributed by atoms with E-state index in [1.54, 1.807) is 16.2 Å². The largest absolute Gasteiger partial charge is 0.379 e. The van der Waals surface area contributed by atoms with Crippen LogP contribution in [0.25, 0.3) is 0 Å². The van der Waals surface area contributed by atoms with Crippen molar-refractivity contribution in [2.75, 3.05) is 45.9 Å². The van der Waals surface area contributed by atoms with Crippen molar-refractivity contribution in [3.05, 3.63) is 93.2 Å². The smallest absolute Gasteiger partial charge is 0.254 e. The molecule has 4 rings (SSSR count). The molecule has 7 heteroatoms. The van der Waals surface area contributed by atoms with Gasteiger partial charge in [0.15, 0.2) is 0 Å². The van der Waals surface area contributed by atoms with Crippen molar-refractivity contribution < 1.29 is 14.3 Å². The summed E-state index contributed by atoms with van der Waals surface area (Å²) in [6, 6.07) is 22.0. The first-order valence-electron chi connectivity index (χ1n) is 13.1. The maximum absolute atomic E-state index is 13.8. The zero-order valence-corrected chi connectivity index (χ0v) is 22.7. The Morgan fingerprint density at radius 3 is 2.27 bits per heavy atom. The van der Waals surface area contributed by atoms with Crippen LogP contribution in [-0.4, -0.2) is 72.5 Å². The number of amides is 2. The molecule has 2 amide bonds. The molecule has 1 aromatic heterocycles. The van der Waals surface area contributed by atoms with Crippen LogP contribution in [0.5, 0.6) is 0 Å². The minimum atomic E-state index is -0.101. The van der Waals surface area contributed by atoms with E-state index in [9.17, 15) is 9.59 Å². The standard InChI is InChI=1S/C30H37N3O3S/c1-3-25-10-12-27(13-11-25)30(35)32(16-15-31-17-19-36-20-18-31)23-29(34)33(21-26-7-5-4-6-8-26)22-28-14-9-24(2)37-28/h4-14H,3,15-23H2,1-2H3. The lowest BCUT2D eigenvalue weighted by Gasteiger charge is -2.31. The average Bonchev–Trinajstić information content (AvgIpc) is 3.35. The predicted molar refractivity (Wildman–Crippen MR) is 149 cm³/mol. The highest BCUT2D eigenvalue weighted by Crippen LogP contribution is 2.19. The van der Waals surface area contributed by atoms with Crippen LogP contribution in [0, 0.1) is 6.92 Å². The summed E-state index contributed by atoms with van der Waals surface area (Å²) < 4.78 is 5.47. The highest BCUT2D eigenvalue weighted by Gasteiger charge is 2.24. The van der Waals surface area contributed by atoms with Crippen LogP contribution in [0.2, 0.25) is 0 Å². The molecule has 0 atom stereocenters. The van der Waals surface area contributed by atoms with E-state index in [-0.39, 0.29) is 18.4 Å². The third-order valence-electron chi connectivity index (χ3n) is 6.72. The molecule has 0 aliphatic carbocycles. The molecule has 0 bridgehead atoms. The molecule has 0 radical (unpaired) electrons. The molecule has 1 aliphatic heterocycles. The van der Waals surface area contributed by atoms with Gasteiger partial charge in [0, 0.05) is 48.0 Å². The lowest BCUT2D eigenvalue weighted by atomic mass is 10.1. The highest BCUT2D eigenvalue weighted by molar-refractivity contribution is 7.11. The first kappa shape index (κ1) is 27.0. The number of morpholine rings is 1. The minimum Gasteiger partial charge on any atom is -0.379 e. The molecular formula is C30H37N3O3S. The fraction of sp³-hybridized carbons (Fsp3) is 0.400. The van der Waals surface area contributed by atoms with Gasteiger partial charge in [-0.2, -0.15) is 0 Å². The number of nitrogens with zero attached hydrogens (tertiary/aromatic N) is 3. The quantitative estimate of drug-likeness (QED) is 0.371. The van der Waals surface area contributed by atoms with Gasteiger partial charge >= 0.3 is 0 Å². The van der Waals surface area contributed by atoms with E-state index in [0.29, 0.717) is 38.4 Å². The molecule has 2 heterocycles. The Morgan fingerprint density at radius 2 is 1.62 bits per heavy atom. The Morgan fingerprint density at radius 1 is 0.892 bits per heavy atom. The molecule has 2 aromatic carbocycles. The van der Waals surface area contributed by atoms with E-state index >= 15 is 0 Å². The van der Waals surface area contributed by atoms with Gasteiger partial charge in [-0.25, -0.2) is 0 Å². The average molecular weight is 520 g/mol. The third kappa shape index (κ3) is 7.99. The summed E-state index contributed by atoms with van der Waals surface area (Å²) in [6.07, 6.45) is 0.921. The number of hydrogen-bond acceptors (Lipinski definition) is 5. The van der Waals surface area contributed by atoms with Crippen molar-refractivity contribution in [2.45, 2.75) is 33.4 Å². The Bertz CT molecular complexity index is 1140. The minimum absolute atomic E-state index is 0.0459. The summed E-state index contributed by atoms with van der Waals surface area (Å²) in [5, 5.41) is 0. The Kier molecular flexibility index (Phi) is 9.88. The van der Waals surface area contributed by atoms with Crippen molar-refractivity contribution in [3.8, 4) is 0 Å². The molecule has 3 aromatic rings. The van der Waals surface area contributed by atoms with Crippen LogP contribution in [0.1, 0.15) is 38.2 Å². The van der Waals surface area contributed by atoms with E-state index in [1.165, 1.54) is 10.4 Å². The number of carbonyl (C=O) groups excluding carboxylic acids is 2. The zero-order chi connectivity index (χ0) is 26.0. The molecule has 196 valence electrons. The molecular weight excluding hydrogens is 482 g/mol. The number of rotatable bonds is 11. The summed E-state index contributed by atoms with van der Waals surface area (Å²) in [4.78, 5) is 35.6. The summed E-state index contributed by atoms with van der Waals surface area (Å²) in [5.74, 6) is -0.147. The molecule has 0 spiro atoms. The van der Waals surface area contributed by atoms with Gasteiger partial charge in [-0.05, 0) is 48.7 Å². The van der Waals surface area contributed by atoms with E-state index in [1.807, 2.05) is 59.5 Å². The van der Waals surface area contributed by atoms with Crippen molar-refractivity contribution >= 4 is 23.2 Å². The van der Waals surface area contributed by atoms with Gasteiger partial charge in [-0.15, -0.1) is 11.3 Å². The van der Waals surface area contributed by atoms with Crippen molar-refractivity contribution in [1.82, 2.24) is 14.7 Å². The van der Waals surface area contributed by atoms with Gasteiger partial charge < -0.3 is 14.5 Å². The number of benzene rings is 2. The van der Waals surface area contributed by atoms with Gasteiger partial charge in [0.1, 0.15) is 6.54 Å². The second-order valence-corrected chi connectivity index (χ2v) is 10.9. The fourth-order valence-electron chi connectivity index (χ4n) is 4.46. The monoisotopic (exact) mass is 519 g/mol. The van der Waals surface area contributed by atoms with Crippen LogP contribution < -0.4 is 0 Å². The van der Waals surface area contributed by atoms with Gasteiger partial charge in [-0.3, -0.25) is 14.5 Å². The summed E-state index contributed by atoms with van der Waals surface area (Å²) in [5.41, 5.74) is 2.88. The SMILES string of the molecule is CCc1ccc(C(=O)N(CCN2CCOCC2)CC(=O)N(Cc2ccccc2)Cc2ccc(C)s2)cc1. The normalized spacial score (nSPS) is 13.9. The predicted octanol–water partition coefficient (Wildman–Crippen LogP) is 4.62. The van der Waals surface area contributed by atoms with Crippen LogP contribution in [0.15, 0.2) is 66.7 Å². The van der Waals surface area contributed by atoms with E-state index < -0.39 is 0 Å². The summed E-state index contributed by atoms with van der Waals surface area (Å²) >= 11 is 1.71. The van der Waals surface area contributed by atoms with Gasteiger partial charge in [0.05, 0.1) is 19.8 Å². The molecule has 0 unspecified atom stereocenters. The first-order valence-corrected chi connectivity index (χ1v) is 13.9. The van der Waals surface area contributed by atoms with Crippen molar-refractivity contribution in [3.63, 3.8) is 0 Å². The molecule has 37 heavy (non-hydrogen) atoms. The number of thiophene rings is 1. The first-order chi connectivity index (χ1) is 18.0. The van der Waals surface area contributed by atoms with Crippen molar-refractivity contribution in [1.29, 1.82) is 0 Å². The van der Waals surface area contributed by atoms with E-state index in [4.69, 9.17) is 4.74 Å². The van der Waals surface area contributed by atoms with Crippen LogP contribution >= 0.6 is 11.3 Å². The fourth-order valence-corrected chi connectivity index (χ4v) is 5.37. The molecule has 0 saturated carbocycles. The van der Waals surface area contributed by atoms with Crippen LogP contribution in [-0.2, 0) is 29.0 Å². The van der Waals surface area contributed by atoms with Crippen molar-refractivity contribution in [2.24, 2.45) is 0 Å². The molecule has 1 fully saturated rings. The second-order valence-electron chi connectivity index (χ2n) is 9.48. The molecule has 1 aliphatic rings. The second kappa shape index (κ2) is 13.5. The Labute approximate surface area is 224 Å².